The van der Waals surface area contributed by atoms with Crippen molar-refractivity contribution in [3.05, 3.63) is 39.7 Å². The third-order valence-corrected chi connectivity index (χ3v) is 5.62. The van der Waals surface area contributed by atoms with Gasteiger partial charge in [0.2, 0.25) is 0 Å². The number of nitrogens with zero attached hydrogens (tertiary/aromatic N) is 7. The van der Waals surface area contributed by atoms with Gasteiger partial charge in [-0.05, 0) is 19.8 Å². The summed E-state index contributed by atoms with van der Waals surface area (Å²) in [6, 6.07) is 1.84. The Labute approximate surface area is 162 Å². The van der Waals surface area contributed by atoms with Crippen molar-refractivity contribution < 1.29 is 4.74 Å². The molecule has 1 fully saturated rings. The summed E-state index contributed by atoms with van der Waals surface area (Å²) in [5.41, 5.74) is 2.65. The van der Waals surface area contributed by atoms with Crippen LogP contribution < -0.4 is 10.5 Å². The number of aromatic nitrogens is 6. The van der Waals surface area contributed by atoms with E-state index in [1.54, 1.807) is 15.4 Å². The highest BCUT2D eigenvalue weighted by atomic mass is 16.5. The first-order chi connectivity index (χ1) is 13.6. The first-order valence-electron chi connectivity index (χ1n) is 9.71. The van der Waals surface area contributed by atoms with E-state index in [0.29, 0.717) is 19.8 Å². The fourth-order valence-corrected chi connectivity index (χ4v) is 4.22. The first-order valence-corrected chi connectivity index (χ1v) is 9.71. The van der Waals surface area contributed by atoms with Gasteiger partial charge in [-0.15, -0.1) is 0 Å². The molecule has 5 rings (SSSR count). The second-order valence-corrected chi connectivity index (χ2v) is 7.53. The number of rotatable bonds is 3. The Morgan fingerprint density at radius 3 is 3.11 bits per heavy atom. The highest BCUT2D eigenvalue weighted by Crippen LogP contribution is 2.30. The Balaban J connectivity index is 1.50. The molecule has 2 aliphatic heterocycles. The zero-order chi connectivity index (χ0) is 19.3. The summed E-state index contributed by atoms with van der Waals surface area (Å²) < 4.78 is 8.82. The van der Waals surface area contributed by atoms with E-state index in [9.17, 15) is 4.79 Å². The van der Waals surface area contributed by atoms with E-state index in [2.05, 4.69) is 20.1 Å². The maximum atomic E-state index is 12.6. The third-order valence-electron chi connectivity index (χ3n) is 5.62. The molecule has 2 aliphatic rings. The minimum absolute atomic E-state index is 0.0681. The van der Waals surface area contributed by atoms with Crippen molar-refractivity contribution in [2.75, 3.05) is 18.1 Å². The topological polar surface area (TPSA) is 91.0 Å². The fourth-order valence-electron chi connectivity index (χ4n) is 4.22. The molecule has 146 valence electrons. The van der Waals surface area contributed by atoms with Gasteiger partial charge in [-0.25, -0.2) is 14.6 Å². The largest absolute Gasteiger partial charge is 0.376 e. The second kappa shape index (κ2) is 6.66. The minimum Gasteiger partial charge on any atom is -0.376 e. The standard InChI is InChI=1S/C19H23N7O2/c1-12-21-18-15(9-20-24(18)2)19(22-12)25-6-3-4-14(25)10-26-17(27)8-13-11-28-7-5-16(13)23-26/h8-9,14H,3-7,10-11H2,1-2H3. The summed E-state index contributed by atoms with van der Waals surface area (Å²) in [6.45, 7) is 4.50. The smallest absolute Gasteiger partial charge is 0.267 e. The van der Waals surface area contributed by atoms with E-state index < -0.39 is 0 Å². The number of ether oxygens (including phenoxy) is 1. The average molecular weight is 381 g/mol. The average Bonchev–Trinajstić information content (AvgIpc) is 3.29. The van der Waals surface area contributed by atoms with E-state index >= 15 is 0 Å². The quantitative estimate of drug-likeness (QED) is 0.668. The molecule has 0 spiro atoms. The van der Waals surface area contributed by atoms with Gasteiger partial charge < -0.3 is 9.64 Å². The van der Waals surface area contributed by atoms with Crippen molar-refractivity contribution in [2.45, 2.75) is 45.4 Å². The summed E-state index contributed by atoms with van der Waals surface area (Å²) in [5.74, 6) is 1.62. The third kappa shape index (κ3) is 2.86. The molecule has 0 amide bonds. The number of fused-ring (bicyclic) bond motifs is 2. The van der Waals surface area contributed by atoms with Crippen LogP contribution in [-0.4, -0.2) is 48.7 Å². The molecule has 1 atom stereocenters. The molecular weight excluding hydrogens is 358 g/mol. The number of hydrogen-bond acceptors (Lipinski definition) is 7. The minimum atomic E-state index is -0.0681. The molecule has 1 saturated heterocycles. The summed E-state index contributed by atoms with van der Waals surface area (Å²) in [4.78, 5) is 24.1. The monoisotopic (exact) mass is 381 g/mol. The van der Waals surface area contributed by atoms with Gasteiger partial charge in [0.1, 0.15) is 11.6 Å². The zero-order valence-corrected chi connectivity index (χ0v) is 16.1. The van der Waals surface area contributed by atoms with Gasteiger partial charge in [-0.1, -0.05) is 0 Å². The molecule has 0 aromatic carbocycles. The van der Waals surface area contributed by atoms with Crippen LogP contribution >= 0.6 is 0 Å². The molecule has 0 aliphatic carbocycles. The van der Waals surface area contributed by atoms with Crippen LogP contribution in [0.4, 0.5) is 5.82 Å². The van der Waals surface area contributed by atoms with Crippen molar-refractivity contribution in [3.63, 3.8) is 0 Å². The molecule has 9 nitrogen and oxygen atoms in total. The van der Waals surface area contributed by atoms with Crippen molar-refractivity contribution in [2.24, 2.45) is 7.05 Å². The maximum Gasteiger partial charge on any atom is 0.267 e. The first kappa shape index (κ1) is 17.3. The molecule has 1 unspecified atom stereocenters. The lowest BCUT2D eigenvalue weighted by Crippen LogP contribution is -2.38. The molecule has 0 N–H and O–H groups in total. The highest BCUT2D eigenvalue weighted by molar-refractivity contribution is 5.87. The van der Waals surface area contributed by atoms with Gasteiger partial charge in [-0.2, -0.15) is 10.2 Å². The lowest BCUT2D eigenvalue weighted by atomic mass is 10.1. The van der Waals surface area contributed by atoms with E-state index in [-0.39, 0.29) is 11.6 Å². The van der Waals surface area contributed by atoms with Crippen LogP contribution in [0.5, 0.6) is 0 Å². The lowest BCUT2D eigenvalue weighted by Gasteiger charge is -2.27. The van der Waals surface area contributed by atoms with E-state index in [1.165, 1.54) is 0 Å². The fraction of sp³-hybridized carbons (Fsp3) is 0.526. The van der Waals surface area contributed by atoms with Crippen LogP contribution in [0.3, 0.4) is 0 Å². The number of anilines is 1. The highest BCUT2D eigenvalue weighted by Gasteiger charge is 2.29. The molecule has 5 heterocycles. The SMILES string of the molecule is Cc1nc(N2CCCC2Cn2nc3c(cc2=O)COCC3)c2cnn(C)c2n1. The normalized spacial score (nSPS) is 19.4. The van der Waals surface area contributed by atoms with Crippen molar-refractivity contribution in [3.8, 4) is 0 Å². The lowest BCUT2D eigenvalue weighted by molar-refractivity contribution is 0.108. The predicted octanol–water partition coefficient (Wildman–Crippen LogP) is 0.970. The Hall–Kier alpha value is -2.81. The molecule has 0 bridgehead atoms. The second-order valence-electron chi connectivity index (χ2n) is 7.53. The summed E-state index contributed by atoms with van der Waals surface area (Å²) in [6.07, 6.45) is 4.64. The van der Waals surface area contributed by atoms with Gasteiger partial charge in [0, 0.05) is 31.6 Å². The summed E-state index contributed by atoms with van der Waals surface area (Å²) in [5, 5.41) is 9.93. The van der Waals surface area contributed by atoms with Crippen LogP contribution in [0.25, 0.3) is 11.0 Å². The van der Waals surface area contributed by atoms with Crippen LogP contribution in [0, 0.1) is 6.92 Å². The Bertz CT molecular complexity index is 1100. The Morgan fingerprint density at radius 2 is 2.21 bits per heavy atom. The number of hydrogen-bond donors (Lipinski definition) is 0. The van der Waals surface area contributed by atoms with Gasteiger partial charge >= 0.3 is 0 Å². The van der Waals surface area contributed by atoms with Crippen molar-refractivity contribution in [1.82, 2.24) is 29.5 Å². The van der Waals surface area contributed by atoms with E-state index in [1.807, 2.05) is 20.2 Å². The Morgan fingerprint density at radius 1 is 1.32 bits per heavy atom. The van der Waals surface area contributed by atoms with Crippen LogP contribution in [0.2, 0.25) is 0 Å². The van der Waals surface area contributed by atoms with Crippen molar-refractivity contribution >= 4 is 16.9 Å². The van der Waals surface area contributed by atoms with E-state index in [4.69, 9.17) is 9.72 Å². The summed E-state index contributed by atoms with van der Waals surface area (Å²) in [7, 11) is 1.89. The predicted molar refractivity (Wildman–Crippen MR) is 103 cm³/mol. The van der Waals surface area contributed by atoms with Gasteiger partial charge in [-0.3, -0.25) is 9.48 Å². The maximum absolute atomic E-state index is 12.6. The van der Waals surface area contributed by atoms with Gasteiger partial charge in [0.15, 0.2) is 5.65 Å². The molecule has 3 aromatic rings. The van der Waals surface area contributed by atoms with Crippen LogP contribution in [-0.2, 0) is 31.4 Å². The molecule has 0 radical (unpaired) electrons. The Kier molecular flexibility index (Phi) is 4.12. The zero-order valence-electron chi connectivity index (χ0n) is 16.1. The van der Waals surface area contributed by atoms with Gasteiger partial charge in [0.05, 0.1) is 43.1 Å². The number of aryl methyl sites for hydroxylation is 2. The van der Waals surface area contributed by atoms with E-state index in [0.717, 1.165) is 59.7 Å². The summed E-state index contributed by atoms with van der Waals surface area (Å²) >= 11 is 0. The van der Waals surface area contributed by atoms with Crippen LogP contribution in [0.15, 0.2) is 17.1 Å². The molecule has 3 aromatic heterocycles. The molecular formula is C19H23N7O2. The van der Waals surface area contributed by atoms with Crippen LogP contribution in [0.1, 0.15) is 29.9 Å². The molecule has 28 heavy (non-hydrogen) atoms. The molecule has 0 saturated carbocycles. The van der Waals surface area contributed by atoms with Crippen molar-refractivity contribution in [1.29, 1.82) is 0 Å². The molecule has 9 heteroatoms. The van der Waals surface area contributed by atoms with Gasteiger partial charge in [0.25, 0.3) is 5.56 Å².